The number of piperazine rings is 1. The molecule has 2 aromatic rings. The summed E-state index contributed by atoms with van der Waals surface area (Å²) in [7, 11) is 0. The maximum absolute atomic E-state index is 12.3. The van der Waals surface area contributed by atoms with Gasteiger partial charge in [-0.05, 0) is 36.4 Å². The number of carbonyl (C=O) groups is 2. The molecule has 0 aromatic heterocycles. The van der Waals surface area contributed by atoms with E-state index >= 15 is 0 Å². The van der Waals surface area contributed by atoms with Gasteiger partial charge in [0.2, 0.25) is 0 Å². The van der Waals surface area contributed by atoms with Gasteiger partial charge in [0.1, 0.15) is 13.2 Å². The standard InChI is InChI=1S/C22H27N3O3/c1-2-24-12-14-25(15-13-24)20-10-8-19(9-11-20)22(27)23-16-21(26)28-17-18-6-4-3-5-7-18/h3-11H,2,12-17H2,1H3,(H,23,27). The van der Waals surface area contributed by atoms with E-state index in [0.717, 1.165) is 44.0 Å². The highest BCUT2D eigenvalue weighted by molar-refractivity contribution is 5.96. The van der Waals surface area contributed by atoms with E-state index in [2.05, 4.69) is 22.0 Å². The minimum Gasteiger partial charge on any atom is -0.460 e. The van der Waals surface area contributed by atoms with Crippen LogP contribution in [-0.2, 0) is 16.1 Å². The lowest BCUT2D eigenvalue weighted by atomic mass is 10.1. The van der Waals surface area contributed by atoms with E-state index in [-0.39, 0.29) is 19.1 Å². The molecule has 6 heteroatoms. The molecule has 0 radical (unpaired) electrons. The van der Waals surface area contributed by atoms with Gasteiger partial charge in [0.05, 0.1) is 0 Å². The molecule has 1 heterocycles. The van der Waals surface area contributed by atoms with E-state index < -0.39 is 5.97 Å². The van der Waals surface area contributed by atoms with Gasteiger partial charge in [-0.15, -0.1) is 0 Å². The molecule has 0 aliphatic carbocycles. The van der Waals surface area contributed by atoms with Gasteiger partial charge in [-0.3, -0.25) is 9.59 Å². The highest BCUT2D eigenvalue weighted by Crippen LogP contribution is 2.17. The lowest BCUT2D eigenvalue weighted by molar-refractivity contribution is -0.143. The van der Waals surface area contributed by atoms with Crippen LogP contribution in [0.15, 0.2) is 54.6 Å². The first-order valence-electron chi connectivity index (χ1n) is 9.71. The smallest absolute Gasteiger partial charge is 0.325 e. The third kappa shape index (κ3) is 5.57. The summed E-state index contributed by atoms with van der Waals surface area (Å²) in [5.74, 6) is -0.735. The molecule has 6 nitrogen and oxygen atoms in total. The fourth-order valence-electron chi connectivity index (χ4n) is 3.19. The van der Waals surface area contributed by atoms with Crippen LogP contribution in [0.1, 0.15) is 22.8 Å². The second-order valence-corrected chi connectivity index (χ2v) is 6.80. The van der Waals surface area contributed by atoms with Crippen molar-refractivity contribution in [1.82, 2.24) is 10.2 Å². The molecule has 0 atom stereocenters. The van der Waals surface area contributed by atoms with Crippen LogP contribution in [0.5, 0.6) is 0 Å². The molecule has 0 bridgehead atoms. The van der Waals surface area contributed by atoms with Crippen molar-refractivity contribution in [2.45, 2.75) is 13.5 Å². The maximum atomic E-state index is 12.3. The van der Waals surface area contributed by atoms with Crippen molar-refractivity contribution in [3.05, 3.63) is 65.7 Å². The van der Waals surface area contributed by atoms with Gasteiger partial charge in [0, 0.05) is 37.4 Å². The predicted molar refractivity (Wildman–Crippen MR) is 109 cm³/mol. The van der Waals surface area contributed by atoms with Crippen molar-refractivity contribution in [2.75, 3.05) is 44.2 Å². The zero-order chi connectivity index (χ0) is 19.8. The van der Waals surface area contributed by atoms with Gasteiger partial charge in [-0.2, -0.15) is 0 Å². The fourth-order valence-corrected chi connectivity index (χ4v) is 3.19. The van der Waals surface area contributed by atoms with Crippen LogP contribution in [0.25, 0.3) is 0 Å². The van der Waals surface area contributed by atoms with Gasteiger partial charge in [-0.25, -0.2) is 0 Å². The molecule has 148 valence electrons. The number of benzene rings is 2. The Morgan fingerprint density at radius 2 is 1.64 bits per heavy atom. The van der Waals surface area contributed by atoms with Crippen LogP contribution in [0.2, 0.25) is 0 Å². The number of ether oxygens (including phenoxy) is 1. The monoisotopic (exact) mass is 381 g/mol. The average Bonchev–Trinajstić information content (AvgIpc) is 2.77. The Labute approximate surface area is 166 Å². The van der Waals surface area contributed by atoms with Crippen LogP contribution in [0.4, 0.5) is 5.69 Å². The molecule has 1 N–H and O–H groups in total. The van der Waals surface area contributed by atoms with Gasteiger partial charge < -0.3 is 19.9 Å². The lowest BCUT2D eigenvalue weighted by Gasteiger charge is -2.35. The summed E-state index contributed by atoms with van der Waals surface area (Å²) in [5.41, 5.74) is 2.57. The van der Waals surface area contributed by atoms with Crippen LogP contribution < -0.4 is 10.2 Å². The molecule has 0 spiro atoms. The Kier molecular flexibility index (Phi) is 7.03. The van der Waals surface area contributed by atoms with Crippen molar-refractivity contribution in [1.29, 1.82) is 0 Å². The Hall–Kier alpha value is -2.86. The summed E-state index contributed by atoms with van der Waals surface area (Å²) in [6.07, 6.45) is 0. The minimum absolute atomic E-state index is 0.146. The topological polar surface area (TPSA) is 61.9 Å². The van der Waals surface area contributed by atoms with Crippen molar-refractivity contribution < 1.29 is 14.3 Å². The van der Waals surface area contributed by atoms with Gasteiger partial charge in [0.25, 0.3) is 5.91 Å². The predicted octanol–water partition coefficient (Wildman–Crippen LogP) is 2.30. The molecule has 1 aliphatic heterocycles. The molecule has 3 rings (SSSR count). The molecule has 1 amide bonds. The normalized spacial score (nSPS) is 14.5. The number of hydrogen-bond acceptors (Lipinski definition) is 5. The van der Waals surface area contributed by atoms with Crippen LogP contribution in [-0.4, -0.2) is 56.0 Å². The highest BCUT2D eigenvalue weighted by Gasteiger charge is 2.16. The Balaban J connectivity index is 1.43. The quantitative estimate of drug-likeness (QED) is 0.746. The molecule has 2 aromatic carbocycles. The van der Waals surface area contributed by atoms with E-state index in [1.807, 2.05) is 42.5 Å². The molecule has 1 aliphatic rings. The van der Waals surface area contributed by atoms with Crippen LogP contribution in [0, 0.1) is 0 Å². The molecule has 0 unspecified atom stereocenters. The van der Waals surface area contributed by atoms with Crippen molar-refractivity contribution in [3.63, 3.8) is 0 Å². The number of esters is 1. The van der Waals surface area contributed by atoms with Gasteiger partial charge in [0.15, 0.2) is 0 Å². The second-order valence-electron chi connectivity index (χ2n) is 6.80. The first kappa shape index (κ1) is 19.9. The fraction of sp³-hybridized carbons (Fsp3) is 0.364. The molecular weight excluding hydrogens is 354 g/mol. The number of rotatable bonds is 7. The van der Waals surface area contributed by atoms with E-state index in [1.165, 1.54) is 0 Å². The maximum Gasteiger partial charge on any atom is 0.325 e. The summed E-state index contributed by atoms with van der Waals surface area (Å²) in [6, 6.07) is 17.0. The molecular formula is C22H27N3O3. The number of nitrogens with zero attached hydrogens (tertiary/aromatic N) is 2. The Morgan fingerprint density at radius 1 is 0.964 bits per heavy atom. The summed E-state index contributed by atoms with van der Waals surface area (Å²) in [4.78, 5) is 28.8. The van der Waals surface area contributed by atoms with Crippen molar-refractivity contribution >= 4 is 17.6 Å². The van der Waals surface area contributed by atoms with Gasteiger partial charge >= 0.3 is 5.97 Å². The molecule has 1 fully saturated rings. The van der Waals surface area contributed by atoms with E-state index in [1.54, 1.807) is 12.1 Å². The lowest BCUT2D eigenvalue weighted by Crippen LogP contribution is -2.46. The number of likely N-dealkylation sites (N-methyl/N-ethyl adjacent to an activating group) is 1. The number of amides is 1. The number of nitrogens with one attached hydrogen (secondary N) is 1. The number of hydrogen-bond donors (Lipinski definition) is 1. The van der Waals surface area contributed by atoms with Crippen molar-refractivity contribution in [3.8, 4) is 0 Å². The van der Waals surface area contributed by atoms with Gasteiger partial charge in [-0.1, -0.05) is 37.3 Å². The van der Waals surface area contributed by atoms with E-state index in [0.29, 0.717) is 5.56 Å². The Morgan fingerprint density at radius 3 is 2.29 bits per heavy atom. The summed E-state index contributed by atoms with van der Waals surface area (Å²) < 4.78 is 5.17. The summed E-state index contributed by atoms with van der Waals surface area (Å²) >= 11 is 0. The minimum atomic E-state index is -0.456. The zero-order valence-electron chi connectivity index (χ0n) is 16.3. The highest BCUT2D eigenvalue weighted by atomic mass is 16.5. The first-order valence-corrected chi connectivity index (χ1v) is 9.71. The second kappa shape index (κ2) is 9.90. The number of carbonyl (C=O) groups excluding carboxylic acids is 2. The molecule has 0 saturated carbocycles. The summed E-state index contributed by atoms with van der Waals surface area (Å²) in [5, 5.41) is 2.61. The third-order valence-electron chi connectivity index (χ3n) is 4.95. The van der Waals surface area contributed by atoms with E-state index in [9.17, 15) is 9.59 Å². The molecule has 28 heavy (non-hydrogen) atoms. The molecule has 1 saturated heterocycles. The van der Waals surface area contributed by atoms with Crippen LogP contribution in [0.3, 0.4) is 0 Å². The largest absolute Gasteiger partial charge is 0.460 e. The third-order valence-corrected chi connectivity index (χ3v) is 4.95. The SMILES string of the molecule is CCN1CCN(c2ccc(C(=O)NCC(=O)OCc3ccccc3)cc2)CC1. The number of anilines is 1. The Bertz CT molecular complexity index is 769. The van der Waals surface area contributed by atoms with E-state index in [4.69, 9.17) is 4.74 Å². The summed E-state index contributed by atoms with van der Waals surface area (Å²) in [6.45, 7) is 7.43. The van der Waals surface area contributed by atoms with Crippen molar-refractivity contribution in [2.24, 2.45) is 0 Å². The average molecular weight is 381 g/mol. The first-order chi connectivity index (χ1) is 13.7. The zero-order valence-corrected chi connectivity index (χ0v) is 16.3. The van der Waals surface area contributed by atoms with Crippen LogP contribution >= 0.6 is 0 Å².